The molecule has 19 heavy (non-hydrogen) atoms. The van der Waals surface area contributed by atoms with Gasteiger partial charge in [-0.3, -0.25) is 0 Å². The molecule has 0 spiro atoms. The van der Waals surface area contributed by atoms with Gasteiger partial charge in [0.1, 0.15) is 0 Å². The zero-order valence-corrected chi connectivity index (χ0v) is 12.3. The third kappa shape index (κ3) is 3.37. The van der Waals surface area contributed by atoms with E-state index >= 15 is 0 Å². The average molecular weight is 253 g/mol. The predicted octanol–water partition coefficient (Wildman–Crippen LogP) is 5.04. The highest BCUT2D eigenvalue weighted by atomic mass is 14.9. The van der Waals surface area contributed by atoms with Crippen LogP contribution < -0.4 is 5.32 Å². The van der Waals surface area contributed by atoms with Crippen LogP contribution in [0.25, 0.3) is 0 Å². The Morgan fingerprint density at radius 2 is 1.68 bits per heavy atom. The molecule has 1 heteroatoms. The van der Waals surface area contributed by atoms with Crippen molar-refractivity contribution < 1.29 is 0 Å². The number of hydrogen-bond acceptors (Lipinski definition) is 1. The maximum absolute atomic E-state index is 3.57. The van der Waals surface area contributed by atoms with Gasteiger partial charge in [-0.05, 0) is 56.0 Å². The normalized spacial score (nSPS) is 12.2. The van der Waals surface area contributed by atoms with E-state index in [0.717, 1.165) is 6.42 Å². The minimum atomic E-state index is 0.327. The lowest BCUT2D eigenvalue weighted by Crippen LogP contribution is -2.08. The summed E-state index contributed by atoms with van der Waals surface area (Å²) in [5.41, 5.74) is 6.60. The molecular weight excluding hydrogens is 230 g/mol. The summed E-state index contributed by atoms with van der Waals surface area (Å²) in [7, 11) is 0. The molecular formula is C18H23N. The van der Waals surface area contributed by atoms with E-state index in [2.05, 4.69) is 75.5 Å². The average Bonchev–Trinajstić information content (AvgIpc) is 2.39. The summed E-state index contributed by atoms with van der Waals surface area (Å²) in [6.45, 7) is 8.71. The Morgan fingerprint density at radius 1 is 1.00 bits per heavy atom. The molecule has 0 saturated heterocycles. The SMILES string of the molecule is CCc1ccc(NC(C)c2ccc(C)cc2C)cc1. The lowest BCUT2D eigenvalue weighted by atomic mass is 10.00. The highest BCUT2D eigenvalue weighted by Gasteiger charge is 2.08. The van der Waals surface area contributed by atoms with Crippen LogP contribution in [0.2, 0.25) is 0 Å². The van der Waals surface area contributed by atoms with E-state index in [9.17, 15) is 0 Å². The van der Waals surface area contributed by atoms with Crippen LogP contribution in [0.15, 0.2) is 42.5 Å². The minimum Gasteiger partial charge on any atom is -0.379 e. The van der Waals surface area contributed by atoms with Crippen molar-refractivity contribution in [3.05, 3.63) is 64.7 Å². The first-order valence-corrected chi connectivity index (χ1v) is 7.02. The van der Waals surface area contributed by atoms with Crippen molar-refractivity contribution in [3.63, 3.8) is 0 Å². The van der Waals surface area contributed by atoms with E-state index in [1.807, 2.05) is 0 Å². The number of benzene rings is 2. The lowest BCUT2D eigenvalue weighted by Gasteiger charge is -2.18. The largest absolute Gasteiger partial charge is 0.379 e. The van der Waals surface area contributed by atoms with Crippen LogP contribution in [0, 0.1) is 13.8 Å². The van der Waals surface area contributed by atoms with Gasteiger partial charge in [-0.2, -0.15) is 0 Å². The summed E-state index contributed by atoms with van der Waals surface area (Å²) in [6.07, 6.45) is 1.09. The van der Waals surface area contributed by atoms with Gasteiger partial charge in [0.05, 0.1) is 0 Å². The maximum Gasteiger partial charge on any atom is 0.0488 e. The van der Waals surface area contributed by atoms with Crippen molar-refractivity contribution in [2.75, 3.05) is 5.32 Å². The highest BCUT2D eigenvalue weighted by Crippen LogP contribution is 2.23. The smallest absolute Gasteiger partial charge is 0.0488 e. The standard InChI is InChI=1S/C18H23N/c1-5-16-7-9-17(10-8-16)19-15(4)18-11-6-13(2)12-14(18)3/h6-12,15,19H,5H2,1-4H3. The number of anilines is 1. The van der Waals surface area contributed by atoms with E-state index in [1.54, 1.807) is 0 Å². The Balaban J connectivity index is 2.13. The molecule has 0 aliphatic rings. The Labute approximate surface area is 116 Å². The summed E-state index contributed by atoms with van der Waals surface area (Å²) in [5.74, 6) is 0. The first-order chi connectivity index (χ1) is 9.10. The van der Waals surface area contributed by atoms with Crippen molar-refractivity contribution in [1.82, 2.24) is 0 Å². The highest BCUT2D eigenvalue weighted by molar-refractivity contribution is 5.47. The fourth-order valence-electron chi connectivity index (χ4n) is 2.48. The molecule has 0 radical (unpaired) electrons. The van der Waals surface area contributed by atoms with E-state index in [4.69, 9.17) is 0 Å². The van der Waals surface area contributed by atoms with Crippen LogP contribution in [0.5, 0.6) is 0 Å². The van der Waals surface area contributed by atoms with Gasteiger partial charge in [0.25, 0.3) is 0 Å². The third-order valence-electron chi connectivity index (χ3n) is 3.64. The van der Waals surface area contributed by atoms with Gasteiger partial charge >= 0.3 is 0 Å². The summed E-state index contributed by atoms with van der Waals surface area (Å²) >= 11 is 0. The van der Waals surface area contributed by atoms with Crippen LogP contribution in [-0.2, 0) is 6.42 Å². The van der Waals surface area contributed by atoms with Gasteiger partial charge in [-0.15, -0.1) is 0 Å². The molecule has 1 N–H and O–H groups in total. The topological polar surface area (TPSA) is 12.0 Å². The maximum atomic E-state index is 3.57. The van der Waals surface area contributed by atoms with Crippen molar-refractivity contribution >= 4 is 5.69 Å². The van der Waals surface area contributed by atoms with Crippen LogP contribution in [0.3, 0.4) is 0 Å². The third-order valence-corrected chi connectivity index (χ3v) is 3.64. The summed E-state index contributed by atoms with van der Waals surface area (Å²) in [4.78, 5) is 0. The van der Waals surface area contributed by atoms with Crippen LogP contribution in [0.1, 0.15) is 42.1 Å². The lowest BCUT2D eigenvalue weighted by molar-refractivity contribution is 0.873. The number of nitrogens with one attached hydrogen (secondary N) is 1. The molecule has 0 saturated carbocycles. The van der Waals surface area contributed by atoms with Gasteiger partial charge in [0, 0.05) is 11.7 Å². The Kier molecular flexibility index (Phi) is 4.26. The molecule has 0 aliphatic carbocycles. The van der Waals surface area contributed by atoms with Gasteiger partial charge in [-0.25, -0.2) is 0 Å². The second-order valence-corrected chi connectivity index (χ2v) is 5.28. The second kappa shape index (κ2) is 5.92. The number of aryl methyl sites for hydroxylation is 3. The molecule has 0 aliphatic heterocycles. The number of hydrogen-bond donors (Lipinski definition) is 1. The molecule has 1 unspecified atom stereocenters. The van der Waals surface area contributed by atoms with E-state index in [-0.39, 0.29) is 0 Å². The van der Waals surface area contributed by atoms with Gasteiger partial charge in [0.2, 0.25) is 0 Å². The zero-order valence-electron chi connectivity index (χ0n) is 12.3. The van der Waals surface area contributed by atoms with Gasteiger partial charge in [0.15, 0.2) is 0 Å². The van der Waals surface area contributed by atoms with Gasteiger partial charge in [-0.1, -0.05) is 42.8 Å². The molecule has 0 aromatic heterocycles. The minimum absolute atomic E-state index is 0.327. The summed E-state index contributed by atoms with van der Waals surface area (Å²) in [6, 6.07) is 15.7. The molecule has 2 aromatic carbocycles. The first-order valence-electron chi connectivity index (χ1n) is 7.02. The Hall–Kier alpha value is -1.76. The van der Waals surface area contributed by atoms with Crippen LogP contribution >= 0.6 is 0 Å². The molecule has 2 rings (SSSR count). The molecule has 1 nitrogen and oxygen atoms in total. The van der Waals surface area contributed by atoms with Gasteiger partial charge < -0.3 is 5.32 Å². The molecule has 1 atom stereocenters. The fourth-order valence-corrected chi connectivity index (χ4v) is 2.48. The van der Waals surface area contributed by atoms with E-state index in [0.29, 0.717) is 6.04 Å². The predicted molar refractivity (Wildman–Crippen MR) is 83.8 cm³/mol. The Bertz CT molecular complexity index is 540. The van der Waals surface area contributed by atoms with Crippen LogP contribution in [-0.4, -0.2) is 0 Å². The molecule has 0 heterocycles. The van der Waals surface area contributed by atoms with Crippen molar-refractivity contribution in [2.24, 2.45) is 0 Å². The summed E-state index contributed by atoms with van der Waals surface area (Å²) in [5, 5.41) is 3.57. The first kappa shape index (κ1) is 13.7. The zero-order chi connectivity index (χ0) is 13.8. The molecule has 0 bridgehead atoms. The molecule has 0 fully saturated rings. The summed E-state index contributed by atoms with van der Waals surface area (Å²) < 4.78 is 0. The Morgan fingerprint density at radius 3 is 2.26 bits per heavy atom. The van der Waals surface area contributed by atoms with E-state index in [1.165, 1.54) is 27.9 Å². The molecule has 100 valence electrons. The van der Waals surface area contributed by atoms with Crippen LogP contribution in [0.4, 0.5) is 5.69 Å². The second-order valence-electron chi connectivity index (χ2n) is 5.28. The van der Waals surface area contributed by atoms with E-state index < -0.39 is 0 Å². The number of rotatable bonds is 4. The molecule has 0 amide bonds. The monoisotopic (exact) mass is 253 g/mol. The van der Waals surface area contributed by atoms with Crippen molar-refractivity contribution in [2.45, 2.75) is 40.2 Å². The fraction of sp³-hybridized carbons (Fsp3) is 0.333. The molecule has 2 aromatic rings. The van der Waals surface area contributed by atoms with Crippen molar-refractivity contribution in [1.29, 1.82) is 0 Å². The quantitative estimate of drug-likeness (QED) is 0.805. The van der Waals surface area contributed by atoms with Crippen molar-refractivity contribution in [3.8, 4) is 0 Å².